The maximum absolute atomic E-state index is 15.1. The number of fused-ring (bicyclic) bond motifs is 1. The molecule has 188 valence electrons. The average Bonchev–Trinajstić information content (AvgIpc) is 3.19. The van der Waals surface area contributed by atoms with Crippen molar-refractivity contribution < 1.29 is 27.8 Å². The van der Waals surface area contributed by atoms with Gasteiger partial charge >= 0.3 is 0 Å². The first-order chi connectivity index (χ1) is 17.3. The highest BCUT2D eigenvalue weighted by Crippen LogP contribution is 2.39. The van der Waals surface area contributed by atoms with E-state index in [4.69, 9.17) is 33.0 Å². The molecule has 0 fully saturated rings. The molecule has 4 rings (SSSR count). The molecule has 1 heterocycles. The lowest BCUT2D eigenvalue weighted by Crippen LogP contribution is -2.26. The number of nitrogens with one attached hydrogen (secondary N) is 2. The minimum atomic E-state index is -2.72. The summed E-state index contributed by atoms with van der Waals surface area (Å²) in [7, 11) is 0. The number of imidazole rings is 1. The number of aromatic nitrogens is 2. The van der Waals surface area contributed by atoms with Gasteiger partial charge in [-0.25, -0.2) is 22.8 Å². The molecular weight excluding hydrogens is 520 g/mol. The fourth-order valence-corrected chi connectivity index (χ4v) is 4.07. The molecule has 4 aromatic rings. The monoisotopic (exact) mass is 538 g/mol. The van der Waals surface area contributed by atoms with Crippen LogP contribution in [0.15, 0.2) is 54.6 Å². The van der Waals surface area contributed by atoms with Crippen molar-refractivity contribution in [1.29, 1.82) is 0 Å². The highest BCUT2D eigenvalue weighted by atomic mass is 35.5. The van der Waals surface area contributed by atoms with Crippen molar-refractivity contribution in [3.8, 4) is 16.9 Å². The molecule has 0 spiro atoms. The Balaban J connectivity index is 1.60. The van der Waals surface area contributed by atoms with E-state index in [0.717, 1.165) is 0 Å². The number of amides is 1. The van der Waals surface area contributed by atoms with Crippen LogP contribution in [-0.2, 0) is 11.3 Å². The minimum Gasteiger partial charge on any atom is -0.485 e. The molecule has 0 radical (unpaired) electrons. The van der Waals surface area contributed by atoms with Crippen LogP contribution in [0.5, 0.6) is 5.75 Å². The van der Waals surface area contributed by atoms with Crippen LogP contribution in [-0.4, -0.2) is 40.3 Å². The first kappa shape index (κ1) is 25.6. The number of carbonyl (C=O) groups is 1. The number of benzene rings is 3. The zero-order valence-electron chi connectivity index (χ0n) is 18.4. The predicted molar refractivity (Wildman–Crippen MR) is 132 cm³/mol. The molecule has 0 saturated heterocycles. The van der Waals surface area contributed by atoms with Crippen LogP contribution in [0.25, 0.3) is 22.2 Å². The second-order valence-electron chi connectivity index (χ2n) is 7.58. The summed E-state index contributed by atoms with van der Waals surface area (Å²) in [5.41, 5.74) is 4.51. The maximum atomic E-state index is 15.1. The number of ether oxygens (including phenoxy) is 1. The van der Waals surface area contributed by atoms with Crippen molar-refractivity contribution in [2.24, 2.45) is 0 Å². The Morgan fingerprint density at radius 1 is 1.14 bits per heavy atom. The van der Waals surface area contributed by atoms with Crippen molar-refractivity contribution in [3.63, 3.8) is 0 Å². The van der Waals surface area contributed by atoms with E-state index in [1.807, 2.05) is 0 Å². The van der Waals surface area contributed by atoms with E-state index in [0.29, 0.717) is 16.6 Å². The normalized spacial score (nSPS) is 11.2. The van der Waals surface area contributed by atoms with Gasteiger partial charge in [0.1, 0.15) is 24.8 Å². The fraction of sp³-hybridized carbons (Fsp3) is 0.167. The van der Waals surface area contributed by atoms with E-state index >= 15 is 4.39 Å². The number of nitrogens with zero attached hydrogens (tertiary/aromatic N) is 2. The Morgan fingerprint density at radius 2 is 1.92 bits per heavy atom. The second kappa shape index (κ2) is 11.1. The summed E-state index contributed by atoms with van der Waals surface area (Å²) in [6.45, 7) is -1.61. The van der Waals surface area contributed by atoms with Crippen molar-refractivity contribution in [1.82, 2.24) is 9.66 Å². The smallest absolute Gasteiger partial charge is 0.272 e. The highest BCUT2D eigenvalue weighted by molar-refractivity contribution is 6.36. The molecule has 0 saturated carbocycles. The van der Waals surface area contributed by atoms with Gasteiger partial charge in [-0.1, -0.05) is 47.5 Å². The molecule has 3 N–H and O–H groups in total. The zero-order chi connectivity index (χ0) is 25.8. The number of halogens is 5. The first-order valence-electron chi connectivity index (χ1n) is 10.6. The largest absolute Gasteiger partial charge is 0.485 e. The van der Waals surface area contributed by atoms with E-state index in [1.54, 1.807) is 30.3 Å². The van der Waals surface area contributed by atoms with E-state index in [1.165, 1.54) is 28.9 Å². The van der Waals surface area contributed by atoms with Gasteiger partial charge in [-0.3, -0.25) is 10.2 Å². The topological polar surface area (TPSA) is 88.4 Å². The van der Waals surface area contributed by atoms with Gasteiger partial charge in [0.15, 0.2) is 0 Å². The standard InChI is InChI=1S/C24H19Cl2F3N4O3/c25-15-8-16(23(17(26)9-15)36-12-21(28)29)13-5-6-14(18(27)7-13)10-30-24-31-19-3-1-2-4-20(19)33(24)32-22(35)11-34/h1-9,21,34H,10-12H2,(H,30,31)(H,32,35). The van der Waals surface area contributed by atoms with Gasteiger partial charge in [-0.15, -0.1) is 0 Å². The van der Waals surface area contributed by atoms with Gasteiger partial charge in [-0.05, 0) is 35.9 Å². The van der Waals surface area contributed by atoms with Crippen molar-refractivity contribution in [2.45, 2.75) is 13.0 Å². The van der Waals surface area contributed by atoms with Crippen molar-refractivity contribution in [3.05, 3.63) is 76.0 Å². The Hall–Kier alpha value is -3.47. The molecule has 12 heteroatoms. The predicted octanol–water partition coefficient (Wildman–Crippen LogP) is 5.47. The number of rotatable bonds is 9. The maximum Gasteiger partial charge on any atom is 0.272 e. The van der Waals surface area contributed by atoms with Crippen LogP contribution in [0.1, 0.15) is 5.56 Å². The third-order valence-electron chi connectivity index (χ3n) is 5.10. The Kier molecular flexibility index (Phi) is 7.88. The summed E-state index contributed by atoms with van der Waals surface area (Å²) in [5, 5.41) is 12.3. The average molecular weight is 539 g/mol. The molecule has 0 aliphatic heterocycles. The van der Waals surface area contributed by atoms with E-state index < -0.39 is 31.4 Å². The SMILES string of the molecule is O=C(CO)Nn1c(NCc2ccc(-c3cc(Cl)cc(Cl)c3OCC(F)F)cc2F)nc2ccccc21. The van der Waals surface area contributed by atoms with Crippen LogP contribution >= 0.6 is 23.2 Å². The van der Waals surface area contributed by atoms with Gasteiger partial charge in [-0.2, -0.15) is 0 Å². The Labute approximate surface area is 213 Å². The summed E-state index contributed by atoms with van der Waals surface area (Å²) >= 11 is 12.2. The van der Waals surface area contributed by atoms with Gasteiger partial charge in [0, 0.05) is 22.7 Å². The van der Waals surface area contributed by atoms with Gasteiger partial charge in [0.2, 0.25) is 5.95 Å². The van der Waals surface area contributed by atoms with Gasteiger partial charge in [0.05, 0.1) is 16.1 Å². The first-order valence-corrected chi connectivity index (χ1v) is 11.3. The lowest BCUT2D eigenvalue weighted by atomic mass is 10.0. The highest BCUT2D eigenvalue weighted by Gasteiger charge is 2.17. The fourth-order valence-electron chi connectivity index (χ4n) is 3.52. The van der Waals surface area contributed by atoms with Gasteiger partial charge < -0.3 is 15.2 Å². The summed E-state index contributed by atoms with van der Waals surface area (Å²) in [6.07, 6.45) is -2.72. The lowest BCUT2D eigenvalue weighted by molar-refractivity contribution is -0.119. The van der Waals surface area contributed by atoms with Crippen LogP contribution in [0.4, 0.5) is 19.1 Å². The van der Waals surface area contributed by atoms with Crippen molar-refractivity contribution >= 4 is 46.1 Å². The third-order valence-corrected chi connectivity index (χ3v) is 5.60. The molecule has 36 heavy (non-hydrogen) atoms. The number of anilines is 1. The number of alkyl halides is 2. The van der Waals surface area contributed by atoms with Crippen molar-refractivity contribution in [2.75, 3.05) is 24.0 Å². The molecule has 1 amide bonds. The molecule has 0 unspecified atom stereocenters. The molecule has 0 bridgehead atoms. The Bertz CT molecular complexity index is 1420. The molecule has 3 aromatic carbocycles. The molecule has 0 aliphatic rings. The van der Waals surface area contributed by atoms with Gasteiger partial charge in [0.25, 0.3) is 12.3 Å². The Morgan fingerprint density at radius 3 is 2.64 bits per heavy atom. The lowest BCUT2D eigenvalue weighted by Gasteiger charge is -2.15. The number of hydrogen-bond donors (Lipinski definition) is 3. The molecule has 1 aromatic heterocycles. The van der Waals surface area contributed by atoms with E-state index in [2.05, 4.69) is 15.7 Å². The summed E-state index contributed by atoms with van der Waals surface area (Å²) in [5.74, 6) is -1.05. The summed E-state index contributed by atoms with van der Waals surface area (Å²) < 4.78 is 47.0. The van der Waals surface area contributed by atoms with Crippen LogP contribution in [0, 0.1) is 5.82 Å². The number of aliphatic hydroxyl groups is 1. The van der Waals surface area contributed by atoms with E-state index in [9.17, 15) is 13.6 Å². The van der Waals surface area contributed by atoms with Crippen LogP contribution in [0.3, 0.4) is 0 Å². The minimum absolute atomic E-state index is 0.00449. The molecule has 0 atom stereocenters. The summed E-state index contributed by atoms with van der Waals surface area (Å²) in [6, 6.07) is 14.1. The quantitative estimate of drug-likeness (QED) is 0.263. The number of carbonyl (C=O) groups excluding carboxylic acids is 1. The van der Waals surface area contributed by atoms with E-state index in [-0.39, 0.29) is 39.4 Å². The number of para-hydroxylation sites is 2. The molecular formula is C24H19Cl2F3N4O3. The van der Waals surface area contributed by atoms with Crippen LogP contribution < -0.4 is 15.5 Å². The molecule has 0 aliphatic carbocycles. The zero-order valence-corrected chi connectivity index (χ0v) is 20.0. The number of hydrogen-bond acceptors (Lipinski definition) is 5. The van der Waals surface area contributed by atoms with Crippen LogP contribution in [0.2, 0.25) is 10.0 Å². The molecule has 7 nitrogen and oxygen atoms in total. The third kappa shape index (κ3) is 5.67. The number of aliphatic hydroxyl groups excluding tert-OH is 1. The summed E-state index contributed by atoms with van der Waals surface area (Å²) in [4.78, 5) is 16.2. The second-order valence-corrected chi connectivity index (χ2v) is 8.42.